The average Bonchev–Trinajstić information content (AvgIpc) is 3.04. The number of carbonyl (C=O) groups is 2. The Morgan fingerprint density at radius 3 is 2.07 bits per heavy atom. The Morgan fingerprint density at radius 2 is 1.45 bits per heavy atom. The molecule has 1 atom stereocenters. The second kappa shape index (κ2) is 15.5. The zero-order valence-electron chi connectivity index (χ0n) is 24.7. The molecule has 0 heterocycles. The smallest absolute Gasteiger partial charge is 0.247 e. The molecule has 0 radical (unpaired) electrons. The number of aryl methyl sites for hydroxylation is 1. The molecule has 4 aromatic carbocycles. The van der Waals surface area contributed by atoms with Gasteiger partial charge in [0.1, 0.15) is 11.8 Å². The Hall–Kier alpha value is -4.18. The normalized spacial score (nSPS) is 11.9. The molecular formula is C34H36ClN3O5S. The van der Waals surface area contributed by atoms with Gasteiger partial charge in [0.05, 0.1) is 12.0 Å². The lowest BCUT2D eigenvalue weighted by Gasteiger charge is -2.32. The van der Waals surface area contributed by atoms with E-state index in [4.69, 9.17) is 16.3 Å². The third kappa shape index (κ3) is 8.92. The number of ether oxygens (including phenoxy) is 1. The minimum atomic E-state index is -3.58. The first-order valence-electron chi connectivity index (χ1n) is 14.3. The molecule has 0 saturated carbocycles. The van der Waals surface area contributed by atoms with Gasteiger partial charge in [0.2, 0.25) is 21.8 Å². The van der Waals surface area contributed by atoms with E-state index >= 15 is 0 Å². The van der Waals surface area contributed by atoms with Gasteiger partial charge in [0.15, 0.2) is 0 Å². The Labute approximate surface area is 264 Å². The first-order chi connectivity index (χ1) is 21.2. The van der Waals surface area contributed by atoms with Crippen molar-refractivity contribution in [1.82, 2.24) is 14.9 Å². The summed E-state index contributed by atoms with van der Waals surface area (Å²) in [7, 11) is -1.99. The minimum Gasteiger partial charge on any atom is -0.497 e. The van der Waals surface area contributed by atoms with Crippen LogP contribution < -0.4 is 14.8 Å². The Balaban J connectivity index is 1.60. The van der Waals surface area contributed by atoms with Gasteiger partial charge in [-0.15, -0.1) is 0 Å². The molecule has 0 fully saturated rings. The molecule has 0 bridgehead atoms. The van der Waals surface area contributed by atoms with Crippen LogP contribution >= 0.6 is 11.6 Å². The van der Waals surface area contributed by atoms with Crippen LogP contribution in [0.15, 0.2) is 108 Å². The summed E-state index contributed by atoms with van der Waals surface area (Å²) in [6.45, 7) is 2.47. The third-order valence-corrected chi connectivity index (χ3v) is 8.90. The van der Waals surface area contributed by atoms with Crippen molar-refractivity contribution in [2.75, 3.05) is 13.7 Å². The van der Waals surface area contributed by atoms with E-state index in [9.17, 15) is 18.0 Å². The van der Waals surface area contributed by atoms with Crippen LogP contribution in [-0.4, -0.2) is 38.8 Å². The molecule has 2 N–H and O–H groups in total. The summed E-state index contributed by atoms with van der Waals surface area (Å²) in [5, 5.41) is 3.61. The van der Waals surface area contributed by atoms with Crippen LogP contribution in [0.4, 0.5) is 0 Å². The van der Waals surface area contributed by atoms with Crippen molar-refractivity contribution in [3.63, 3.8) is 0 Å². The SMILES string of the molecule is CCNS(=O)(=O)c1ccc(CCC(=O)N(Cc2ccc(OC)cc2)[C@H](C(=O)NCc2ccc(Cl)cc2)c2ccccc2)cc1. The monoisotopic (exact) mass is 633 g/mol. The number of sulfonamides is 1. The van der Waals surface area contributed by atoms with Gasteiger partial charge in [-0.2, -0.15) is 0 Å². The molecule has 0 spiro atoms. The highest BCUT2D eigenvalue weighted by Crippen LogP contribution is 2.26. The quantitative estimate of drug-likeness (QED) is 0.186. The van der Waals surface area contributed by atoms with E-state index in [0.29, 0.717) is 29.3 Å². The van der Waals surface area contributed by atoms with Crippen molar-refractivity contribution < 1.29 is 22.7 Å². The molecule has 230 valence electrons. The number of hydrogen-bond acceptors (Lipinski definition) is 5. The molecule has 0 saturated heterocycles. The Kier molecular flexibility index (Phi) is 11.5. The Morgan fingerprint density at radius 1 is 0.841 bits per heavy atom. The Bertz CT molecular complexity index is 1630. The predicted octanol–water partition coefficient (Wildman–Crippen LogP) is 5.67. The van der Waals surface area contributed by atoms with E-state index in [2.05, 4.69) is 10.0 Å². The van der Waals surface area contributed by atoms with E-state index in [1.165, 1.54) is 12.1 Å². The summed E-state index contributed by atoms with van der Waals surface area (Å²) in [4.78, 5) is 29.6. The summed E-state index contributed by atoms with van der Waals surface area (Å²) in [6.07, 6.45) is 0.483. The molecule has 44 heavy (non-hydrogen) atoms. The van der Waals surface area contributed by atoms with Gasteiger partial charge < -0.3 is 15.0 Å². The van der Waals surface area contributed by atoms with E-state index in [0.717, 1.165) is 16.7 Å². The maximum atomic E-state index is 14.0. The molecule has 4 aromatic rings. The van der Waals surface area contributed by atoms with E-state index in [-0.39, 0.29) is 36.2 Å². The van der Waals surface area contributed by atoms with Gasteiger partial charge in [0.25, 0.3) is 0 Å². The van der Waals surface area contributed by atoms with Crippen LogP contribution in [0.3, 0.4) is 0 Å². The van der Waals surface area contributed by atoms with Crippen molar-refractivity contribution >= 4 is 33.4 Å². The van der Waals surface area contributed by atoms with Crippen molar-refractivity contribution in [3.8, 4) is 5.75 Å². The van der Waals surface area contributed by atoms with Crippen LogP contribution in [-0.2, 0) is 39.1 Å². The summed E-state index contributed by atoms with van der Waals surface area (Å²) in [5.41, 5.74) is 3.20. The number of nitrogens with one attached hydrogen (secondary N) is 2. The summed E-state index contributed by atoms with van der Waals surface area (Å²) < 4.78 is 32.4. The van der Waals surface area contributed by atoms with Gasteiger partial charge in [-0.25, -0.2) is 13.1 Å². The van der Waals surface area contributed by atoms with Gasteiger partial charge >= 0.3 is 0 Å². The highest BCUT2D eigenvalue weighted by Gasteiger charge is 2.31. The number of hydrogen-bond donors (Lipinski definition) is 2. The molecule has 0 aliphatic heterocycles. The summed E-state index contributed by atoms with van der Waals surface area (Å²) in [5.74, 6) is 0.151. The lowest BCUT2D eigenvalue weighted by atomic mass is 10.0. The average molecular weight is 634 g/mol. The zero-order chi connectivity index (χ0) is 31.5. The van der Waals surface area contributed by atoms with Crippen LogP contribution in [0, 0.1) is 0 Å². The van der Waals surface area contributed by atoms with Crippen LogP contribution in [0.25, 0.3) is 0 Å². The van der Waals surface area contributed by atoms with Crippen LogP contribution in [0.1, 0.15) is 41.6 Å². The highest BCUT2D eigenvalue weighted by molar-refractivity contribution is 7.89. The van der Waals surface area contributed by atoms with Gasteiger partial charge in [0, 0.05) is 31.1 Å². The number of benzene rings is 4. The zero-order valence-corrected chi connectivity index (χ0v) is 26.3. The second-order valence-corrected chi connectivity index (χ2v) is 12.4. The van der Waals surface area contributed by atoms with Gasteiger partial charge in [-0.1, -0.05) is 85.3 Å². The fourth-order valence-electron chi connectivity index (χ4n) is 4.75. The maximum absolute atomic E-state index is 14.0. The maximum Gasteiger partial charge on any atom is 0.247 e. The van der Waals surface area contributed by atoms with Crippen molar-refractivity contribution in [1.29, 1.82) is 0 Å². The van der Waals surface area contributed by atoms with Crippen molar-refractivity contribution in [2.24, 2.45) is 0 Å². The molecular weight excluding hydrogens is 598 g/mol. The molecule has 0 unspecified atom stereocenters. The number of amides is 2. The predicted molar refractivity (Wildman–Crippen MR) is 172 cm³/mol. The first-order valence-corrected chi connectivity index (χ1v) is 16.1. The molecule has 0 aliphatic carbocycles. The lowest BCUT2D eigenvalue weighted by Crippen LogP contribution is -2.43. The van der Waals surface area contributed by atoms with Crippen molar-refractivity contribution in [2.45, 2.75) is 43.8 Å². The van der Waals surface area contributed by atoms with Gasteiger partial charge in [-0.05, 0) is 65.1 Å². The van der Waals surface area contributed by atoms with E-state index < -0.39 is 16.1 Å². The molecule has 8 nitrogen and oxygen atoms in total. The molecule has 10 heteroatoms. The largest absolute Gasteiger partial charge is 0.497 e. The van der Waals surface area contributed by atoms with E-state index in [1.54, 1.807) is 43.2 Å². The van der Waals surface area contributed by atoms with Crippen LogP contribution in [0.5, 0.6) is 5.75 Å². The lowest BCUT2D eigenvalue weighted by molar-refractivity contribution is -0.141. The highest BCUT2D eigenvalue weighted by atomic mass is 35.5. The molecule has 0 aromatic heterocycles. The topological polar surface area (TPSA) is 105 Å². The molecule has 4 rings (SSSR count). The molecule has 0 aliphatic rings. The number of rotatable bonds is 14. The minimum absolute atomic E-state index is 0.114. The summed E-state index contributed by atoms with van der Waals surface area (Å²) >= 11 is 6.02. The van der Waals surface area contributed by atoms with Crippen LogP contribution in [0.2, 0.25) is 5.02 Å². The van der Waals surface area contributed by atoms with Gasteiger partial charge in [-0.3, -0.25) is 9.59 Å². The summed E-state index contributed by atoms with van der Waals surface area (Å²) in [6, 6.07) is 29.4. The second-order valence-electron chi connectivity index (χ2n) is 10.2. The fourth-order valence-corrected chi connectivity index (χ4v) is 5.92. The molecule has 2 amide bonds. The number of nitrogens with zero attached hydrogens (tertiary/aromatic N) is 1. The van der Waals surface area contributed by atoms with Crippen molar-refractivity contribution in [3.05, 3.63) is 130 Å². The number of halogens is 1. The first kappa shape index (κ1) is 32.7. The fraction of sp³-hybridized carbons (Fsp3) is 0.235. The number of methoxy groups -OCH3 is 1. The van der Waals surface area contributed by atoms with E-state index in [1.807, 2.05) is 66.7 Å². The standard InChI is InChI=1S/C34H36ClN3O5S/c1-3-37-44(41,42)31-20-13-25(14-21-31)15-22-32(39)38(24-27-11-18-30(43-2)19-12-27)33(28-7-5-4-6-8-28)34(40)36-23-26-9-16-29(35)17-10-26/h4-14,16-21,33,37H,3,15,22-24H2,1-2H3,(H,36,40)/t33-/m0/s1. The number of carbonyl (C=O) groups excluding carboxylic acids is 2. The third-order valence-electron chi connectivity index (χ3n) is 7.08.